The molecule has 1 saturated heterocycles. The smallest absolute Gasteiger partial charge is 0.231 e. The fraction of sp³-hybridized carbons (Fsp3) is 0.538. The highest BCUT2D eigenvalue weighted by Gasteiger charge is 2.23. The number of ether oxygens (including phenoxy) is 2. The Bertz CT molecular complexity index is 478. The van der Waals surface area contributed by atoms with E-state index in [4.69, 9.17) is 9.47 Å². The van der Waals surface area contributed by atoms with E-state index < -0.39 is 0 Å². The summed E-state index contributed by atoms with van der Waals surface area (Å²) in [7, 11) is 0. The summed E-state index contributed by atoms with van der Waals surface area (Å²) in [5, 5.41) is 3.31. The van der Waals surface area contributed by atoms with Crippen molar-refractivity contribution in [2.75, 3.05) is 39.5 Å². The lowest BCUT2D eigenvalue weighted by molar-refractivity contribution is 0.173. The zero-order chi connectivity index (χ0) is 13.2. The second-order valence-corrected chi connectivity index (χ2v) is 5.52. The number of rotatable bonds is 3. The number of fused-ring (bicyclic) bond motifs is 1. The average molecular weight is 331 g/mol. The van der Waals surface area contributed by atoms with Crippen molar-refractivity contribution in [1.29, 1.82) is 0 Å². The van der Waals surface area contributed by atoms with Gasteiger partial charge in [-0.05, 0) is 22.4 Å². The van der Waals surface area contributed by atoms with E-state index in [2.05, 4.69) is 26.1 Å². The second kappa shape index (κ2) is 5.64. The lowest BCUT2D eigenvalue weighted by Gasteiger charge is -2.27. The zero-order valence-corrected chi connectivity index (χ0v) is 12.1. The summed E-state index contributed by atoms with van der Waals surface area (Å²) >= 11 is 3.43. The molecule has 2 heterocycles. The third-order valence-corrected chi connectivity index (χ3v) is 4.38. The van der Waals surface area contributed by atoms with Gasteiger partial charge in [-0.25, -0.2) is 4.39 Å². The van der Waals surface area contributed by atoms with Crippen LogP contribution in [0, 0.1) is 5.82 Å². The van der Waals surface area contributed by atoms with Crippen LogP contribution in [0.5, 0.6) is 11.5 Å². The molecule has 3 rings (SSSR count). The van der Waals surface area contributed by atoms with Crippen LogP contribution in [0.2, 0.25) is 0 Å². The van der Waals surface area contributed by atoms with Crippen LogP contribution in [0.15, 0.2) is 10.5 Å². The van der Waals surface area contributed by atoms with E-state index in [0.29, 0.717) is 28.0 Å². The van der Waals surface area contributed by atoms with E-state index in [1.54, 1.807) is 0 Å². The molecule has 0 radical (unpaired) electrons. The van der Waals surface area contributed by atoms with Crippen molar-refractivity contribution in [2.45, 2.75) is 6.42 Å². The number of hydrogen-bond donors (Lipinski definition) is 1. The van der Waals surface area contributed by atoms with Crippen molar-refractivity contribution in [3.05, 3.63) is 21.9 Å². The molecule has 2 aliphatic rings. The van der Waals surface area contributed by atoms with Gasteiger partial charge < -0.3 is 19.7 Å². The predicted molar refractivity (Wildman–Crippen MR) is 73.2 cm³/mol. The third kappa shape index (κ3) is 2.70. The molecule has 4 nitrogen and oxygen atoms in total. The van der Waals surface area contributed by atoms with Crippen LogP contribution in [-0.4, -0.2) is 44.4 Å². The minimum absolute atomic E-state index is 0.161. The van der Waals surface area contributed by atoms with E-state index in [1.807, 2.05) is 0 Å². The van der Waals surface area contributed by atoms with Crippen LogP contribution in [-0.2, 0) is 6.42 Å². The lowest BCUT2D eigenvalue weighted by atomic mass is 10.1. The molecule has 0 bridgehead atoms. The van der Waals surface area contributed by atoms with Gasteiger partial charge >= 0.3 is 0 Å². The van der Waals surface area contributed by atoms with Gasteiger partial charge in [0, 0.05) is 44.4 Å². The summed E-state index contributed by atoms with van der Waals surface area (Å²) in [6.45, 7) is 5.06. The first-order valence-corrected chi connectivity index (χ1v) is 7.24. The Morgan fingerprint density at radius 1 is 1.32 bits per heavy atom. The summed E-state index contributed by atoms with van der Waals surface area (Å²) in [4.78, 5) is 2.34. The Hall–Kier alpha value is -0.850. The number of hydrogen-bond acceptors (Lipinski definition) is 4. The Kier molecular flexibility index (Phi) is 3.91. The number of nitrogens with one attached hydrogen (secondary N) is 1. The van der Waals surface area contributed by atoms with Crippen molar-refractivity contribution >= 4 is 15.9 Å². The number of nitrogens with zero attached hydrogens (tertiary/aromatic N) is 1. The zero-order valence-electron chi connectivity index (χ0n) is 10.5. The minimum Gasteiger partial charge on any atom is -0.453 e. The topological polar surface area (TPSA) is 33.7 Å². The lowest BCUT2D eigenvalue weighted by Crippen LogP contribution is -2.44. The first kappa shape index (κ1) is 13.1. The quantitative estimate of drug-likeness (QED) is 0.915. The molecule has 2 aliphatic heterocycles. The first-order chi connectivity index (χ1) is 9.25. The number of piperazine rings is 1. The van der Waals surface area contributed by atoms with Gasteiger partial charge in [0.05, 0.1) is 4.47 Å². The molecule has 19 heavy (non-hydrogen) atoms. The molecule has 1 aromatic rings. The molecule has 0 spiro atoms. The van der Waals surface area contributed by atoms with E-state index in [0.717, 1.165) is 32.7 Å². The SMILES string of the molecule is Fc1cc2c(c(Br)c1CCN1CCNCC1)OCO2. The van der Waals surface area contributed by atoms with Crippen molar-refractivity contribution in [3.8, 4) is 11.5 Å². The summed E-state index contributed by atoms with van der Waals surface area (Å²) in [6.07, 6.45) is 0.670. The maximum atomic E-state index is 14.1. The van der Waals surface area contributed by atoms with E-state index in [-0.39, 0.29) is 12.6 Å². The van der Waals surface area contributed by atoms with Crippen LogP contribution in [0.4, 0.5) is 4.39 Å². The van der Waals surface area contributed by atoms with Gasteiger partial charge in [-0.2, -0.15) is 0 Å². The first-order valence-electron chi connectivity index (χ1n) is 6.45. The summed E-state index contributed by atoms with van der Waals surface area (Å²) in [6, 6.07) is 1.42. The standard InChI is InChI=1S/C13H16BrFN2O2/c14-12-9(1-4-17-5-2-16-3-6-17)10(15)7-11-13(12)19-8-18-11/h7,16H,1-6,8H2. The van der Waals surface area contributed by atoms with Gasteiger partial charge in [0.25, 0.3) is 0 Å². The maximum Gasteiger partial charge on any atom is 0.231 e. The van der Waals surface area contributed by atoms with Crippen LogP contribution in [0.3, 0.4) is 0 Å². The highest BCUT2D eigenvalue weighted by Crippen LogP contribution is 2.42. The molecule has 1 N–H and O–H groups in total. The molecule has 0 unspecified atom stereocenters. The molecule has 104 valence electrons. The highest BCUT2D eigenvalue weighted by atomic mass is 79.9. The van der Waals surface area contributed by atoms with Crippen molar-refractivity contribution in [3.63, 3.8) is 0 Å². The van der Waals surface area contributed by atoms with Gasteiger partial charge in [0.15, 0.2) is 11.5 Å². The molecular formula is C13H16BrFN2O2. The Morgan fingerprint density at radius 3 is 2.89 bits per heavy atom. The molecule has 0 aliphatic carbocycles. The van der Waals surface area contributed by atoms with Gasteiger partial charge in [0.2, 0.25) is 6.79 Å². The predicted octanol–water partition coefficient (Wildman–Crippen LogP) is 1.76. The Labute approximate surface area is 120 Å². The average Bonchev–Trinajstić information content (AvgIpc) is 2.88. The minimum atomic E-state index is -0.230. The van der Waals surface area contributed by atoms with Gasteiger partial charge in [-0.3, -0.25) is 0 Å². The largest absolute Gasteiger partial charge is 0.453 e. The van der Waals surface area contributed by atoms with Crippen LogP contribution < -0.4 is 14.8 Å². The second-order valence-electron chi connectivity index (χ2n) is 4.73. The summed E-state index contributed by atoms with van der Waals surface area (Å²) in [5.41, 5.74) is 0.669. The fourth-order valence-corrected chi connectivity index (χ4v) is 3.14. The van der Waals surface area contributed by atoms with Gasteiger partial charge in [0.1, 0.15) is 5.82 Å². The molecule has 1 fully saturated rings. The van der Waals surface area contributed by atoms with Crippen molar-refractivity contribution in [1.82, 2.24) is 10.2 Å². The van der Waals surface area contributed by atoms with Gasteiger partial charge in [-0.1, -0.05) is 0 Å². The Balaban J connectivity index is 1.73. The Morgan fingerprint density at radius 2 is 2.11 bits per heavy atom. The number of halogens is 2. The third-order valence-electron chi connectivity index (χ3n) is 3.54. The number of benzene rings is 1. The van der Waals surface area contributed by atoms with Gasteiger partial charge in [-0.15, -0.1) is 0 Å². The molecule has 0 aromatic heterocycles. The molecule has 0 saturated carbocycles. The molecule has 1 aromatic carbocycles. The van der Waals surface area contributed by atoms with E-state index >= 15 is 0 Å². The summed E-state index contributed by atoms with van der Waals surface area (Å²) < 4.78 is 25.3. The van der Waals surface area contributed by atoms with Crippen LogP contribution >= 0.6 is 15.9 Å². The highest BCUT2D eigenvalue weighted by molar-refractivity contribution is 9.10. The van der Waals surface area contributed by atoms with E-state index in [9.17, 15) is 4.39 Å². The fourth-order valence-electron chi connectivity index (χ4n) is 2.45. The molecular weight excluding hydrogens is 315 g/mol. The summed E-state index contributed by atoms with van der Waals surface area (Å²) in [5.74, 6) is 0.873. The molecule has 6 heteroatoms. The normalized spacial score (nSPS) is 18.8. The van der Waals surface area contributed by atoms with Crippen molar-refractivity contribution in [2.24, 2.45) is 0 Å². The van der Waals surface area contributed by atoms with E-state index in [1.165, 1.54) is 6.07 Å². The van der Waals surface area contributed by atoms with Crippen molar-refractivity contribution < 1.29 is 13.9 Å². The maximum absolute atomic E-state index is 14.1. The van der Waals surface area contributed by atoms with Crippen LogP contribution in [0.1, 0.15) is 5.56 Å². The monoisotopic (exact) mass is 330 g/mol. The van der Waals surface area contributed by atoms with Crippen LogP contribution in [0.25, 0.3) is 0 Å². The molecule has 0 atom stereocenters. The molecule has 0 amide bonds.